The Balaban J connectivity index is 0.744. The van der Waals surface area contributed by atoms with Crippen LogP contribution in [0.15, 0.2) is 455 Å². The number of aromatic nitrogens is 9. The van der Waals surface area contributed by atoms with Crippen LogP contribution in [0.5, 0.6) is 0 Å². The highest BCUT2D eigenvalue weighted by Gasteiger charge is 2.40. The summed E-state index contributed by atoms with van der Waals surface area (Å²) in [6.45, 7) is 0. The van der Waals surface area contributed by atoms with Crippen LogP contribution in [0.2, 0.25) is 0 Å². The van der Waals surface area contributed by atoms with E-state index in [2.05, 4.69) is 508 Å². The summed E-state index contributed by atoms with van der Waals surface area (Å²) in [5.74, 6) is 0. The van der Waals surface area contributed by atoms with Gasteiger partial charge in [-0.1, -0.05) is 334 Å². The van der Waals surface area contributed by atoms with Gasteiger partial charge >= 0.3 is 0 Å². The summed E-state index contributed by atoms with van der Waals surface area (Å²) in [7, 11) is 0. The Morgan fingerprint density at radius 3 is 0.460 bits per heavy atom. The molecule has 0 amide bonds. The van der Waals surface area contributed by atoms with E-state index >= 15 is 0 Å². The van der Waals surface area contributed by atoms with E-state index in [1.807, 2.05) is 0 Å². The average molecular weight is 1770 g/mol. The SMILES string of the molecule is N#Cc1c(-n2c3ccccc3c3ccccc32)c(-n2c3ccccc3c3ccccc32)c(-c2ccccc2)c(-n2c3ccccc3c3ccccc32)c1-n1c2ccccc2c2cc(-c3ccc4c(c3)c3ccccc3n4-c3c(C#N)c(-n4c5ccccc5c5ccccc54)c(-n4c5ccccc5c5ccccc54)c(-n4c5ccccc5c5ccccc54)c3-n3c4ccccc4c4ccccc43)ccc21. The molecule has 139 heavy (non-hydrogen) atoms. The summed E-state index contributed by atoms with van der Waals surface area (Å²) in [6, 6.07) is 172. The molecule has 0 bridgehead atoms. The van der Waals surface area contributed by atoms with Crippen LogP contribution >= 0.6 is 0 Å². The Hall–Kier alpha value is -19.2. The largest absolute Gasteiger partial charge is 0.306 e. The number of rotatable bonds is 11. The lowest BCUT2D eigenvalue weighted by molar-refractivity contribution is 0.992. The fraction of sp³-hybridized carbons (Fsp3) is 0. The third kappa shape index (κ3) is 10.4. The van der Waals surface area contributed by atoms with Crippen molar-refractivity contribution >= 4 is 196 Å². The lowest BCUT2D eigenvalue weighted by Gasteiger charge is -2.30. The second-order valence-corrected chi connectivity index (χ2v) is 36.6. The molecule has 0 aliphatic heterocycles. The molecule has 0 aliphatic rings. The van der Waals surface area contributed by atoms with E-state index in [0.29, 0.717) is 16.8 Å². The van der Waals surface area contributed by atoms with E-state index < -0.39 is 0 Å². The van der Waals surface area contributed by atoms with Crippen LogP contribution in [-0.4, -0.2) is 41.1 Å². The quantitative estimate of drug-likeness (QED) is 0.129. The molecule has 0 saturated heterocycles. The topological polar surface area (TPSA) is 92.0 Å². The number of nitriles is 2. The normalized spacial score (nSPS) is 12.2. The minimum Gasteiger partial charge on any atom is -0.306 e. The van der Waals surface area contributed by atoms with Crippen molar-refractivity contribution in [1.82, 2.24) is 41.1 Å². The molecule has 0 atom stereocenters. The van der Waals surface area contributed by atoms with Gasteiger partial charge in [-0.3, -0.25) is 0 Å². The fourth-order valence-corrected chi connectivity index (χ4v) is 24.3. The molecule has 0 N–H and O–H groups in total. The van der Waals surface area contributed by atoms with Crippen molar-refractivity contribution in [2.75, 3.05) is 0 Å². The van der Waals surface area contributed by atoms with Gasteiger partial charge in [0, 0.05) is 103 Å². The van der Waals surface area contributed by atoms with E-state index in [9.17, 15) is 10.5 Å². The fourth-order valence-electron chi connectivity index (χ4n) is 24.3. The number of hydrogen-bond acceptors (Lipinski definition) is 2. The van der Waals surface area contributed by atoms with Crippen molar-refractivity contribution in [1.29, 1.82) is 10.5 Å². The summed E-state index contributed by atoms with van der Waals surface area (Å²) in [6.07, 6.45) is 0. The van der Waals surface area contributed by atoms with Gasteiger partial charge in [0.1, 0.15) is 23.3 Å². The molecule has 0 saturated carbocycles. The van der Waals surface area contributed by atoms with E-state index in [0.717, 1.165) is 264 Å². The van der Waals surface area contributed by atoms with E-state index in [-0.39, 0.29) is 0 Å². The van der Waals surface area contributed by atoms with Crippen LogP contribution < -0.4 is 0 Å². The predicted octanol–water partition coefficient (Wildman–Crippen LogP) is 32.6. The maximum absolute atomic E-state index is 13.7. The molecule has 642 valence electrons. The third-order valence-corrected chi connectivity index (χ3v) is 29.8. The monoisotopic (exact) mass is 1770 g/mol. The molecule has 0 radical (unpaired) electrons. The van der Waals surface area contributed by atoms with Crippen LogP contribution in [0.1, 0.15) is 11.1 Å². The Morgan fingerprint density at radius 1 is 0.122 bits per heavy atom. The van der Waals surface area contributed by atoms with Crippen molar-refractivity contribution in [3.8, 4) is 85.6 Å². The molecule has 9 aromatic heterocycles. The lowest BCUT2D eigenvalue weighted by atomic mass is 9.93. The third-order valence-electron chi connectivity index (χ3n) is 29.8. The summed E-state index contributed by atoms with van der Waals surface area (Å²) < 4.78 is 22.1. The zero-order valence-corrected chi connectivity index (χ0v) is 74.7. The second-order valence-electron chi connectivity index (χ2n) is 36.6. The Morgan fingerprint density at radius 2 is 0.266 bits per heavy atom. The zero-order chi connectivity index (χ0) is 91.1. The highest BCUT2D eigenvalue weighted by Crippen LogP contribution is 2.56. The van der Waals surface area contributed by atoms with Crippen molar-refractivity contribution < 1.29 is 0 Å². The second kappa shape index (κ2) is 29.2. The van der Waals surface area contributed by atoms with Crippen molar-refractivity contribution in [3.05, 3.63) is 466 Å². The van der Waals surface area contributed by atoms with Crippen LogP contribution in [-0.2, 0) is 0 Å². The van der Waals surface area contributed by atoms with Gasteiger partial charge in [-0.25, -0.2) is 0 Å². The van der Waals surface area contributed by atoms with Crippen LogP contribution in [0.25, 0.3) is 270 Å². The molecule has 0 spiro atoms. The molecular formula is C128H75N11. The van der Waals surface area contributed by atoms with E-state index in [1.54, 1.807) is 0 Å². The first-order valence-corrected chi connectivity index (χ1v) is 47.4. The lowest BCUT2D eigenvalue weighted by Crippen LogP contribution is -2.18. The van der Waals surface area contributed by atoms with Gasteiger partial charge in [0.15, 0.2) is 0 Å². The number of fused-ring (bicyclic) bond motifs is 27. The number of para-hydroxylation sites is 16. The molecule has 30 aromatic rings. The van der Waals surface area contributed by atoms with Gasteiger partial charge in [-0.15, -0.1) is 0 Å². The molecule has 11 heteroatoms. The number of hydrogen-bond donors (Lipinski definition) is 0. The van der Waals surface area contributed by atoms with Crippen LogP contribution in [0, 0.1) is 22.7 Å². The van der Waals surface area contributed by atoms with E-state index in [4.69, 9.17) is 0 Å². The van der Waals surface area contributed by atoms with Gasteiger partial charge < -0.3 is 41.1 Å². The minimum atomic E-state index is 0.471. The van der Waals surface area contributed by atoms with Crippen molar-refractivity contribution in [2.24, 2.45) is 0 Å². The maximum atomic E-state index is 13.7. The van der Waals surface area contributed by atoms with Crippen LogP contribution in [0.3, 0.4) is 0 Å². The van der Waals surface area contributed by atoms with Crippen LogP contribution in [0.4, 0.5) is 0 Å². The summed E-state index contributed by atoms with van der Waals surface area (Å²) in [5.41, 5.74) is 29.5. The molecule has 21 aromatic carbocycles. The Kier molecular flexibility index (Phi) is 16.0. The predicted molar refractivity (Wildman–Crippen MR) is 576 cm³/mol. The van der Waals surface area contributed by atoms with Gasteiger partial charge in [0.25, 0.3) is 0 Å². The molecule has 9 heterocycles. The highest BCUT2D eigenvalue weighted by molar-refractivity contribution is 6.23. The van der Waals surface area contributed by atoms with E-state index in [1.165, 1.54) is 0 Å². The maximum Gasteiger partial charge on any atom is 0.105 e. The standard InChI is InChI=1S/C128H75N11/c129-76-99-120(131-101-54-20-4-38-81(101)82-39-5-21-55-102(82)131)124(135-105-58-24-8-42-85(105)86-43-9-25-59-106(86)135)119(78-36-2-1-3-37-78)125(136-107-60-26-10-44-87(107)88-45-11-27-61-108(88)136)121(99)133-115-68-34-18-52-95(115)97-74-79(70-72-117(97)133)80-71-73-118-98(75-80)96-53-19-35-69-116(96)134(118)123-100(77-130)122(132-103-56-22-6-40-83(103)84-41-7-23-57-104(84)132)126(137-109-62-28-12-46-89(109)90-47-13-29-63-110(90)137)128(139-113-66-32-16-50-93(113)94-51-17-33-67-114(94)139)127(123)138-111-64-30-14-48-91(111)92-49-15-31-65-112(92)138/h1-75H. The van der Waals surface area contributed by atoms with Crippen molar-refractivity contribution in [3.63, 3.8) is 0 Å². The first-order chi connectivity index (χ1) is 69.0. The molecule has 0 fully saturated rings. The molecular weight excluding hydrogens is 1690 g/mol. The zero-order valence-electron chi connectivity index (χ0n) is 74.7. The summed E-state index contributed by atoms with van der Waals surface area (Å²) >= 11 is 0. The summed E-state index contributed by atoms with van der Waals surface area (Å²) in [5, 5.41) is 46.5. The average Bonchev–Trinajstić information content (AvgIpc) is 1.53. The van der Waals surface area contributed by atoms with Gasteiger partial charge in [0.05, 0.1) is 150 Å². The highest BCUT2D eigenvalue weighted by atomic mass is 15.2. The first kappa shape index (κ1) is 76.4. The molecule has 0 aliphatic carbocycles. The first-order valence-electron chi connectivity index (χ1n) is 47.4. The summed E-state index contributed by atoms with van der Waals surface area (Å²) in [4.78, 5) is 0. The minimum absolute atomic E-state index is 0.471. The van der Waals surface area contributed by atoms with Gasteiger partial charge in [0.2, 0.25) is 0 Å². The molecule has 0 unspecified atom stereocenters. The van der Waals surface area contributed by atoms with Gasteiger partial charge in [-0.2, -0.15) is 10.5 Å². The number of benzene rings is 21. The number of nitrogens with zero attached hydrogens (tertiary/aromatic N) is 11. The smallest absolute Gasteiger partial charge is 0.105 e. The van der Waals surface area contributed by atoms with Gasteiger partial charge in [-0.05, 0) is 138 Å². The molecule has 30 rings (SSSR count). The molecule has 11 nitrogen and oxygen atoms in total. The Labute approximate surface area is 794 Å². The van der Waals surface area contributed by atoms with Crippen molar-refractivity contribution in [2.45, 2.75) is 0 Å². The Bertz CT molecular complexity index is 10400.